The van der Waals surface area contributed by atoms with Crippen LogP contribution in [0.4, 0.5) is 0 Å². The molecule has 164 valence electrons. The Morgan fingerprint density at radius 2 is 1.91 bits per heavy atom. The Kier molecular flexibility index (Phi) is 5.71. The van der Waals surface area contributed by atoms with Crippen LogP contribution in [-0.2, 0) is 9.59 Å². The van der Waals surface area contributed by atoms with Crippen LogP contribution in [0, 0.1) is 5.92 Å². The van der Waals surface area contributed by atoms with Gasteiger partial charge in [0.25, 0.3) is 5.91 Å². The Bertz CT molecular complexity index is 1180. The summed E-state index contributed by atoms with van der Waals surface area (Å²) in [5.41, 5.74) is 8.46. The zero-order chi connectivity index (χ0) is 22.1. The summed E-state index contributed by atoms with van der Waals surface area (Å²) >= 11 is 1.47. The van der Waals surface area contributed by atoms with Crippen LogP contribution in [0.15, 0.2) is 64.7 Å². The first kappa shape index (κ1) is 20.8. The van der Waals surface area contributed by atoms with Gasteiger partial charge in [0, 0.05) is 6.54 Å². The van der Waals surface area contributed by atoms with Gasteiger partial charge in [0.15, 0.2) is 0 Å². The Morgan fingerprint density at radius 3 is 2.66 bits per heavy atom. The van der Waals surface area contributed by atoms with E-state index in [4.69, 9.17) is 5.73 Å². The first-order valence-electron chi connectivity index (χ1n) is 10.8. The lowest BCUT2D eigenvalue weighted by Gasteiger charge is -2.36. The normalized spacial score (nSPS) is 17.7. The fourth-order valence-electron chi connectivity index (χ4n) is 4.53. The number of thioether (sulfide) groups is 1. The third kappa shape index (κ3) is 4.03. The molecule has 0 aliphatic carbocycles. The quantitative estimate of drug-likeness (QED) is 0.606. The molecule has 3 N–H and O–H groups in total. The molecule has 5 rings (SSSR count). The number of imidazole rings is 1. The number of carbonyl (C=O) groups is 2. The van der Waals surface area contributed by atoms with Gasteiger partial charge in [-0.1, -0.05) is 48.2 Å². The number of hydrogen-bond donors (Lipinski definition) is 2. The number of nitrogens with two attached hydrogens (primary N) is 1. The van der Waals surface area contributed by atoms with Gasteiger partial charge in [0.1, 0.15) is 11.7 Å². The third-order valence-corrected chi connectivity index (χ3v) is 7.24. The monoisotopic (exact) mass is 447 g/mol. The summed E-state index contributed by atoms with van der Waals surface area (Å²) in [5.74, 6) is 0.00213. The maximum atomic E-state index is 12.8. The SMILES string of the molecule is NC(=O)C(c1ccccc1)N1CCC(CNC(=O)C2=Cc3cnc4cccc(n34)S2)CC1. The highest BCUT2D eigenvalue weighted by molar-refractivity contribution is 8.04. The smallest absolute Gasteiger partial charge is 0.258 e. The Morgan fingerprint density at radius 1 is 1.12 bits per heavy atom. The van der Waals surface area contributed by atoms with E-state index in [1.807, 2.05) is 54.6 Å². The minimum Gasteiger partial charge on any atom is -0.368 e. The number of piperidine rings is 1. The standard InChI is InChI=1S/C24H25N5O2S/c25-23(30)22(17-5-2-1-3-6-17)28-11-9-16(10-12-28)14-27-24(31)19-13-18-15-26-20-7-4-8-21(32-19)29(18)20/h1-8,13,15-16,22H,9-12,14H2,(H2,25,30)(H,27,31). The van der Waals surface area contributed by atoms with Crippen LogP contribution in [0.1, 0.15) is 30.1 Å². The van der Waals surface area contributed by atoms with E-state index in [1.54, 1.807) is 6.20 Å². The van der Waals surface area contributed by atoms with Crippen LogP contribution in [0.2, 0.25) is 0 Å². The molecule has 1 fully saturated rings. The van der Waals surface area contributed by atoms with Gasteiger partial charge in [0.05, 0.1) is 21.8 Å². The molecule has 0 spiro atoms. The summed E-state index contributed by atoms with van der Waals surface area (Å²) in [4.78, 5) is 32.2. The van der Waals surface area contributed by atoms with E-state index < -0.39 is 6.04 Å². The molecule has 1 aromatic carbocycles. The summed E-state index contributed by atoms with van der Waals surface area (Å²) in [7, 11) is 0. The molecule has 1 unspecified atom stereocenters. The van der Waals surface area contributed by atoms with Crippen molar-refractivity contribution in [1.82, 2.24) is 19.6 Å². The zero-order valence-electron chi connectivity index (χ0n) is 17.6. The van der Waals surface area contributed by atoms with Crippen molar-refractivity contribution in [2.45, 2.75) is 23.9 Å². The average Bonchev–Trinajstić information content (AvgIpc) is 3.23. The van der Waals surface area contributed by atoms with Gasteiger partial charge in [-0.2, -0.15) is 0 Å². The molecule has 0 bridgehead atoms. The second kappa shape index (κ2) is 8.80. The van der Waals surface area contributed by atoms with Gasteiger partial charge < -0.3 is 11.1 Å². The molecule has 1 saturated heterocycles. The largest absolute Gasteiger partial charge is 0.368 e. The second-order valence-corrected chi connectivity index (χ2v) is 9.32. The van der Waals surface area contributed by atoms with Gasteiger partial charge in [-0.3, -0.25) is 18.9 Å². The van der Waals surface area contributed by atoms with Crippen molar-refractivity contribution in [2.75, 3.05) is 19.6 Å². The van der Waals surface area contributed by atoms with Crippen molar-refractivity contribution in [2.24, 2.45) is 11.7 Å². The molecule has 2 aliphatic heterocycles. The van der Waals surface area contributed by atoms with E-state index in [0.717, 1.165) is 47.9 Å². The van der Waals surface area contributed by atoms with Gasteiger partial charge in [0.2, 0.25) is 5.91 Å². The number of hydrogen-bond acceptors (Lipinski definition) is 5. The Hall–Kier alpha value is -3.10. The van der Waals surface area contributed by atoms with Gasteiger partial charge in [-0.25, -0.2) is 4.98 Å². The van der Waals surface area contributed by atoms with E-state index in [0.29, 0.717) is 17.4 Å². The fraction of sp³-hybridized carbons (Fsp3) is 0.292. The molecule has 2 aliphatic rings. The molecule has 7 nitrogen and oxygen atoms in total. The lowest BCUT2D eigenvalue weighted by atomic mass is 9.94. The van der Waals surface area contributed by atoms with Crippen LogP contribution in [0.25, 0.3) is 11.7 Å². The summed E-state index contributed by atoms with van der Waals surface area (Å²) < 4.78 is 2.05. The van der Waals surface area contributed by atoms with Crippen LogP contribution in [0.3, 0.4) is 0 Å². The fourth-order valence-corrected chi connectivity index (χ4v) is 5.54. The lowest BCUT2D eigenvalue weighted by Crippen LogP contribution is -2.44. The number of nitrogens with zero attached hydrogens (tertiary/aromatic N) is 3. The number of amides is 2. The van der Waals surface area contributed by atoms with Crippen molar-refractivity contribution >= 4 is 35.3 Å². The molecule has 2 aromatic heterocycles. The van der Waals surface area contributed by atoms with Crippen molar-refractivity contribution in [3.05, 3.63) is 70.9 Å². The third-order valence-electron chi connectivity index (χ3n) is 6.19. The second-order valence-electron chi connectivity index (χ2n) is 8.26. The summed E-state index contributed by atoms with van der Waals surface area (Å²) in [6.07, 6.45) is 5.51. The molecule has 2 amide bonds. The van der Waals surface area contributed by atoms with Crippen molar-refractivity contribution in [3.63, 3.8) is 0 Å². The van der Waals surface area contributed by atoms with Crippen molar-refractivity contribution < 1.29 is 9.59 Å². The number of nitrogens with one attached hydrogen (secondary N) is 1. The highest BCUT2D eigenvalue weighted by Gasteiger charge is 2.30. The van der Waals surface area contributed by atoms with E-state index in [-0.39, 0.29) is 11.8 Å². The number of benzene rings is 1. The van der Waals surface area contributed by atoms with E-state index in [2.05, 4.69) is 19.6 Å². The highest BCUT2D eigenvalue weighted by atomic mass is 32.2. The number of primary amides is 1. The lowest BCUT2D eigenvalue weighted by molar-refractivity contribution is -0.124. The molecule has 1 atom stereocenters. The number of likely N-dealkylation sites (tertiary alicyclic amines) is 1. The van der Waals surface area contributed by atoms with Crippen LogP contribution in [-0.4, -0.2) is 45.7 Å². The molecule has 0 saturated carbocycles. The summed E-state index contributed by atoms with van der Waals surface area (Å²) in [5, 5.41) is 4.10. The minimum atomic E-state index is -0.400. The predicted molar refractivity (Wildman–Crippen MR) is 125 cm³/mol. The van der Waals surface area contributed by atoms with Crippen molar-refractivity contribution in [3.8, 4) is 0 Å². The average molecular weight is 448 g/mol. The topological polar surface area (TPSA) is 92.7 Å². The minimum absolute atomic E-state index is 0.0545. The summed E-state index contributed by atoms with van der Waals surface area (Å²) in [6.45, 7) is 2.18. The molecule has 0 radical (unpaired) electrons. The van der Waals surface area contributed by atoms with Crippen LogP contribution < -0.4 is 11.1 Å². The Labute approximate surface area is 190 Å². The Balaban J connectivity index is 1.17. The molecule has 3 aromatic rings. The number of aromatic nitrogens is 2. The van der Waals surface area contributed by atoms with Crippen LogP contribution >= 0.6 is 11.8 Å². The molecular weight excluding hydrogens is 422 g/mol. The number of carbonyl (C=O) groups excluding carboxylic acids is 2. The maximum absolute atomic E-state index is 12.8. The first-order valence-corrected chi connectivity index (χ1v) is 11.6. The molecule has 4 heterocycles. The van der Waals surface area contributed by atoms with E-state index in [1.165, 1.54) is 11.8 Å². The number of rotatable bonds is 6. The van der Waals surface area contributed by atoms with Crippen LogP contribution in [0.5, 0.6) is 0 Å². The van der Waals surface area contributed by atoms with Gasteiger partial charge >= 0.3 is 0 Å². The highest BCUT2D eigenvalue weighted by Crippen LogP contribution is 2.34. The first-order chi connectivity index (χ1) is 15.6. The zero-order valence-corrected chi connectivity index (χ0v) is 18.4. The van der Waals surface area contributed by atoms with E-state index in [9.17, 15) is 9.59 Å². The predicted octanol–water partition coefficient (Wildman–Crippen LogP) is 2.84. The maximum Gasteiger partial charge on any atom is 0.258 e. The molecular formula is C24H25N5O2S. The van der Waals surface area contributed by atoms with Crippen molar-refractivity contribution in [1.29, 1.82) is 0 Å². The summed E-state index contributed by atoms with van der Waals surface area (Å²) in [6, 6.07) is 15.2. The molecule has 8 heteroatoms. The van der Waals surface area contributed by atoms with E-state index >= 15 is 0 Å². The van der Waals surface area contributed by atoms with Gasteiger partial charge in [-0.05, 0) is 55.6 Å². The number of pyridine rings is 1. The van der Waals surface area contributed by atoms with Gasteiger partial charge in [-0.15, -0.1) is 0 Å². The molecule has 32 heavy (non-hydrogen) atoms.